The highest BCUT2D eigenvalue weighted by Crippen LogP contribution is 2.23. The van der Waals surface area contributed by atoms with Gasteiger partial charge in [0.15, 0.2) is 11.8 Å². The molecule has 7 heteroatoms. The first-order valence-electron chi connectivity index (χ1n) is 9.94. The molecule has 154 valence electrons. The molecule has 0 aliphatic heterocycles. The summed E-state index contributed by atoms with van der Waals surface area (Å²) in [5.41, 5.74) is 0.812. The minimum Gasteiger partial charge on any atom is -0.488 e. The highest BCUT2D eigenvalue weighted by atomic mass is 16.5. The molecule has 0 radical (unpaired) electrons. The van der Waals surface area contributed by atoms with Gasteiger partial charge >= 0.3 is 0 Å². The lowest BCUT2D eigenvalue weighted by molar-refractivity contribution is 0.129. The van der Waals surface area contributed by atoms with Gasteiger partial charge in [0.25, 0.3) is 0 Å². The van der Waals surface area contributed by atoms with Crippen LogP contribution in [0.5, 0.6) is 5.75 Å². The van der Waals surface area contributed by atoms with Gasteiger partial charge in [0, 0.05) is 19.2 Å². The van der Waals surface area contributed by atoms with Crippen molar-refractivity contribution in [3.05, 3.63) is 41.5 Å². The predicted molar refractivity (Wildman–Crippen MR) is 113 cm³/mol. The second-order valence-corrected chi connectivity index (χ2v) is 7.84. The molecular formula is C21H34N6O. The summed E-state index contributed by atoms with van der Waals surface area (Å²) in [6, 6.07) is 8.06. The van der Waals surface area contributed by atoms with E-state index in [1.165, 1.54) is 0 Å². The number of aliphatic imine (C=N–C) groups is 1. The smallest absolute Gasteiger partial charge is 0.191 e. The molecule has 7 nitrogen and oxygen atoms in total. The summed E-state index contributed by atoms with van der Waals surface area (Å²) < 4.78 is 8.06. The van der Waals surface area contributed by atoms with E-state index in [1.807, 2.05) is 36.7 Å². The van der Waals surface area contributed by atoms with Crippen LogP contribution in [0.25, 0.3) is 0 Å². The van der Waals surface area contributed by atoms with Crippen molar-refractivity contribution in [2.75, 3.05) is 6.54 Å². The number of nitrogens with one attached hydrogen (secondary N) is 2. The Morgan fingerprint density at radius 1 is 1.18 bits per heavy atom. The summed E-state index contributed by atoms with van der Waals surface area (Å²) in [5.74, 6) is 3.40. The van der Waals surface area contributed by atoms with Gasteiger partial charge in [-0.25, -0.2) is 4.99 Å². The maximum absolute atomic E-state index is 6.08. The number of ether oxygens (including phenoxy) is 1. The number of hydrogen-bond donors (Lipinski definition) is 2. The fraction of sp³-hybridized carbons (Fsp3) is 0.571. The minimum absolute atomic E-state index is 0.247. The molecule has 0 bridgehead atoms. The molecule has 0 atom stereocenters. The van der Waals surface area contributed by atoms with Crippen molar-refractivity contribution < 1.29 is 4.74 Å². The summed E-state index contributed by atoms with van der Waals surface area (Å²) in [6.07, 6.45) is 2.22. The van der Waals surface area contributed by atoms with E-state index < -0.39 is 0 Å². The molecule has 2 N–H and O–H groups in total. The average Bonchev–Trinajstić information content (AvgIpc) is 2.95. The number of para-hydroxylation sites is 1. The summed E-state index contributed by atoms with van der Waals surface area (Å²) in [4.78, 5) is 4.76. The van der Waals surface area contributed by atoms with Gasteiger partial charge in [-0.1, -0.05) is 31.5 Å². The molecule has 1 aromatic heterocycles. The van der Waals surface area contributed by atoms with Crippen LogP contribution >= 0.6 is 0 Å². The van der Waals surface area contributed by atoms with Crippen LogP contribution in [0.4, 0.5) is 0 Å². The first kappa shape index (κ1) is 21.7. The van der Waals surface area contributed by atoms with E-state index in [9.17, 15) is 0 Å². The van der Waals surface area contributed by atoms with Crippen LogP contribution in [0.3, 0.4) is 0 Å². The number of rotatable bonds is 8. The SMILES string of the molecule is CCCCNC(=NCc1ccccc1OC(C)(C)C)NCc1nnc(C)n1C. The first-order chi connectivity index (χ1) is 13.3. The topological polar surface area (TPSA) is 76.4 Å². The van der Waals surface area contributed by atoms with Crippen LogP contribution < -0.4 is 15.4 Å². The molecule has 0 aliphatic carbocycles. The van der Waals surface area contributed by atoms with Crippen molar-refractivity contribution >= 4 is 5.96 Å². The molecule has 0 spiro atoms. The molecule has 0 saturated heterocycles. The number of unbranched alkanes of at least 4 members (excludes halogenated alkanes) is 1. The van der Waals surface area contributed by atoms with Crippen molar-refractivity contribution in [3.63, 3.8) is 0 Å². The van der Waals surface area contributed by atoms with E-state index in [0.717, 1.165) is 48.3 Å². The van der Waals surface area contributed by atoms with Crippen LogP contribution in [0.15, 0.2) is 29.3 Å². The number of hydrogen-bond acceptors (Lipinski definition) is 4. The summed E-state index contributed by atoms with van der Waals surface area (Å²) in [6.45, 7) is 12.2. The van der Waals surface area contributed by atoms with Gasteiger partial charge in [-0.2, -0.15) is 0 Å². The van der Waals surface area contributed by atoms with Gasteiger partial charge in [-0.15, -0.1) is 10.2 Å². The fourth-order valence-electron chi connectivity index (χ4n) is 2.55. The number of nitrogens with zero attached hydrogens (tertiary/aromatic N) is 4. The number of guanidine groups is 1. The molecule has 1 aromatic carbocycles. The molecule has 0 aliphatic rings. The maximum atomic E-state index is 6.08. The van der Waals surface area contributed by atoms with Gasteiger partial charge in [0.2, 0.25) is 0 Å². The molecule has 2 aromatic rings. The van der Waals surface area contributed by atoms with Crippen molar-refractivity contribution in [1.29, 1.82) is 0 Å². The lowest BCUT2D eigenvalue weighted by atomic mass is 10.1. The van der Waals surface area contributed by atoms with Crippen LogP contribution in [0.1, 0.15) is 57.7 Å². The third-order valence-electron chi connectivity index (χ3n) is 4.22. The Hall–Kier alpha value is -2.57. The maximum Gasteiger partial charge on any atom is 0.191 e. The minimum atomic E-state index is -0.247. The molecule has 0 unspecified atom stereocenters. The summed E-state index contributed by atoms with van der Waals surface area (Å²) in [7, 11) is 1.97. The Morgan fingerprint density at radius 2 is 1.93 bits per heavy atom. The molecule has 1 heterocycles. The van der Waals surface area contributed by atoms with E-state index in [0.29, 0.717) is 13.1 Å². The lowest BCUT2D eigenvalue weighted by Crippen LogP contribution is -2.38. The third-order valence-corrected chi connectivity index (χ3v) is 4.22. The Kier molecular flexibility index (Phi) is 7.84. The van der Waals surface area contributed by atoms with Crippen molar-refractivity contribution in [3.8, 4) is 5.75 Å². The van der Waals surface area contributed by atoms with Gasteiger partial charge in [0.05, 0.1) is 13.1 Å². The first-order valence-corrected chi connectivity index (χ1v) is 9.94. The molecule has 0 amide bonds. The van der Waals surface area contributed by atoms with E-state index in [1.54, 1.807) is 0 Å². The highest BCUT2D eigenvalue weighted by molar-refractivity contribution is 5.79. The monoisotopic (exact) mass is 386 g/mol. The van der Waals surface area contributed by atoms with Crippen molar-refractivity contribution in [2.45, 2.75) is 66.2 Å². The number of aromatic nitrogens is 3. The standard InChI is InChI=1S/C21H34N6O/c1-7-8-13-22-20(24-15-19-26-25-16(2)27(19)6)23-14-17-11-9-10-12-18(17)28-21(3,4)5/h9-12H,7-8,13-15H2,1-6H3,(H2,22,23,24). The predicted octanol–water partition coefficient (Wildman–Crippen LogP) is 3.34. The largest absolute Gasteiger partial charge is 0.488 e. The Balaban J connectivity index is 2.10. The summed E-state index contributed by atoms with van der Waals surface area (Å²) in [5, 5.41) is 15.1. The second kappa shape index (κ2) is 10.1. The van der Waals surface area contributed by atoms with E-state index >= 15 is 0 Å². The second-order valence-electron chi connectivity index (χ2n) is 7.84. The Bertz CT molecular complexity index is 775. The Labute approximate surface area is 168 Å². The molecule has 28 heavy (non-hydrogen) atoms. The van der Waals surface area contributed by atoms with Crippen LogP contribution in [0.2, 0.25) is 0 Å². The zero-order valence-corrected chi connectivity index (χ0v) is 18.0. The normalized spacial score (nSPS) is 12.1. The number of aryl methyl sites for hydroxylation is 1. The van der Waals surface area contributed by atoms with Gasteiger partial charge in [-0.3, -0.25) is 0 Å². The van der Waals surface area contributed by atoms with E-state index in [2.05, 4.69) is 54.6 Å². The van der Waals surface area contributed by atoms with Gasteiger partial charge in [-0.05, 0) is 40.2 Å². The van der Waals surface area contributed by atoms with Gasteiger partial charge in [0.1, 0.15) is 17.2 Å². The zero-order chi connectivity index (χ0) is 20.6. The lowest BCUT2D eigenvalue weighted by Gasteiger charge is -2.23. The quantitative estimate of drug-likeness (QED) is 0.413. The molecule has 0 fully saturated rings. The van der Waals surface area contributed by atoms with Gasteiger partial charge < -0.3 is 19.9 Å². The highest BCUT2D eigenvalue weighted by Gasteiger charge is 2.14. The van der Waals surface area contributed by atoms with Crippen molar-refractivity contribution in [1.82, 2.24) is 25.4 Å². The zero-order valence-electron chi connectivity index (χ0n) is 18.0. The fourth-order valence-corrected chi connectivity index (χ4v) is 2.55. The molecule has 0 saturated carbocycles. The average molecular weight is 387 g/mol. The van der Waals surface area contributed by atoms with E-state index in [4.69, 9.17) is 9.73 Å². The van der Waals surface area contributed by atoms with Crippen molar-refractivity contribution in [2.24, 2.45) is 12.0 Å². The van der Waals surface area contributed by atoms with E-state index in [-0.39, 0.29) is 5.60 Å². The Morgan fingerprint density at radius 3 is 2.57 bits per heavy atom. The van der Waals surface area contributed by atoms with Crippen LogP contribution in [-0.2, 0) is 20.1 Å². The van der Waals surface area contributed by atoms with Crippen LogP contribution in [-0.4, -0.2) is 32.9 Å². The van der Waals surface area contributed by atoms with Crippen LogP contribution in [0, 0.1) is 6.92 Å². The third kappa shape index (κ3) is 6.87. The molecule has 2 rings (SSSR count). The number of benzene rings is 1. The summed E-state index contributed by atoms with van der Waals surface area (Å²) >= 11 is 0. The molecular weight excluding hydrogens is 352 g/mol.